The number of aliphatic carboxylic acids is 1. The van der Waals surface area contributed by atoms with Gasteiger partial charge in [0.05, 0.1) is 18.2 Å². The molecule has 2 aromatic rings. The number of carbonyl (C=O) groups is 1. The number of nitrogens with one attached hydrogen (secondary N) is 1. The zero-order valence-electron chi connectivity index (χ0n) is 15.3. The van der Waals surface area contributed by atoms with E-state index in [2.05, 4.69) is 25.5 Å². The highest BCUT2D eigenvalue weighted by molar-refractivity contribution is 7.88. The van der Waals surface area contributed by atoms with Gasteiger partial charge >= 0.3 is 5.97 Å². The predicted molar refractivity (Wildman–Crippen MR) is 102 cm³/mol. The molecule has 0 amide bonds. The molecule has 0 unspecified atom stereocenters. The molecule has 0 saturated carbocycles. The summed E-state index contributed by atoms with van der Waals surface area (Å²) in [6, 6.07) is 15.4. The minimum absolute atomic E-state index is 0.0341. The van der Waals surface area contributed by atoms with Crippen molar-refractivity contribution in [3.05, 3.63) is 71.3 Å². The van der Waals surface area contributed by atoms with Crippen molar-refractivity contribution in [2.45, 2.75) is 44.4 Å². The van der Waals surface area contributed by atoms with Crippen molar-refractivity contribution in [3.8, 4) is 0 Å². The molecular weight excluding hydrogens is 350 g/mol. The van der Waals surface area contributed by atoms with Gasteiger partial charge in [0.25, 0.3) is 0 Å². The zero-order chi connectivity index (χ0) is 19.4. The van der Waals surface area contributed by atoms with Gasteiger partial charge in [-0.3, -0.25) is 4.79 Å². The van der Waals surface area contributed by atoms with Gasteiger partial charge in [-0.05, 0) is 22.1 Å². The molecule has 2 aromatic carbocycles. The third kappa shape index (κ3) is 5.97. The third-order valence-electron chi connectivity index (χ3n) is 4.08. The van der Waals surface area contributed by atoms with Crippen LogP contribution in [0, 0.1) is 0 Å². The van der Waals surface area contributed by atoms with Crippen molar-refractivity contribution in [2.24, 2.45) is 0 Å². The number of hydrogen-bond acceptors (Lipinski definition) is 3. The summed E-state index contributed by atoms with van der Waals surface area (Å²) in [6.07, 6.45) is -0.317. The fourth-order valence-electron chi connectivity index (χ4n) is 2.67. The summed E-state index contributed by atoms with van der Waals surface area (Å²) in [5.41, 5.74) is 2.35. The van der Waals surface area contributed by atoms with Gasteiger partial charge in [-0.25, -0.2) is 13.1 Å². The fraction of sp³-hybridized carbons (Fsp3) is 0.350. The Bertz CT molecular complexity index is 838. The Balaban J connectivity index is 2.23. The zero-order valence-corrected chi connectivity index (χ0v) is 16.1. The van der Waals surface area contributed by atoms with Gasteiger partial charge in [-0.2, -0.15) is 0 Å². The average Bonchev–Trinajstić information content (AvgIpc) is 2.53. The number of carboxylic acid groups (broad SMARTS) is 1. The largest absolute Gasteiger partial charge is 0.481 e. The smallest absolute Gasteiger partial charge is 0.305 e. The minimum atomic E-state index is -3.68. The molecule has 5 nitrogen and oxygen atoms in total. The normalized spacial score (nSPS) is 13.3. The number of hydrogen-bond donors (Lipinski definition) is 2. The summed E-state index contributed by atoms with van der Waals surface area (Å²) in [5.74, 6) is -1.25. The summed E-state index contributed by atoms with van der Waals surface area (Å²) < 4.78 is 27.5. The van der Waals surface area contributed by atoms with Gasteiger partial charge in [-0.15, -0.1) is 0 Å². The fourth-order valence-corrected chi connectivity index (χ4v) is 4.04. The lowest BCUT2D eigenvalue weighted by atomic mass is 9.86. The first-order chi connectivity index (χ1) is 12.1. The Morgan fingerprint density at radius 3 is 2.12 bits per heavy atom. The molecular formula is C20H25NO4S. The van der Waals surface area contributed by atoms with E-state index in [4.69, 9.17) is 0 Å². The molecule has 0 fully saturated rings. The first-order valence-electron chi connectivity index (χ1n) is 8.43. The van der Waals surface area contributed by atoms with E-state index in [9.17, 15) is 18.3 Å². The Kier molecular flexibility index (Phi) is 6.21. The van der Waals surface area contributed by atoms with Crippen molar-refractivity contribution in [2.75, 3.05) is 0 Å². The van der Waals surface area contributed by atoms with Crippen LogP contribution in [0.4, 0.5) is 0 Å². The minimum Gasteiger partial charge on any atom is -0.481 e. The first-order valence-corrected chi connectivity index (χ1v) is 10.1. The average molecular weight is 375 g/mol. The van der Waals surface area contributed by atoms with Crippen LogP contribution in [0.5, 0.6) is 0 Å². The van der Waals surface area contributed by atoms with Crippen molar-refractivity contribution in [1.29, 1.82) is 0 Å². The molecule has 0 aromatic heterocycles. The highest BCUT2D eigenvalue weighted by Crippen LogP contribution is 2.25. The lowest BCUT2D eigenvalue weighted by Crippen LogP contribution is -2.31. The quantitative estimate of drug-likeness (QED) is 0.774. The monoisotopic (exact) mass is 375 g/mol. The van der Waals surface area contributed by atoms with E-state index >= 15 is 0 Å². The van der Waals surface area contributed by atoms with Crippen LogP contribution in [0.15, 0.2) is 54.6 Å². The third-order valence-corrected chi connectivity index (χ3v) is 5.44. The van der Waals surface area contributed by atoms with Crippen LogP contribution in [0.2, 0.25) is 0 Å². The van der Waals surface area contributed by atoms with E-state index in [1.807, 2.05) is 18.2 Å². The van der Waals surface area contributed by atoms with Gasteiger partial charge < -0.3 is 5.11 Å². The molecule has 2 rings (SSSR count). The number of sulfonamides is 1. The second-order valence-corrected chi connectivity index (χ2v) is 9.14. The van der Waals surface area contributed by atoms with Crippen LogP contribution in [0.25, 0.3) is 0 Å². The molecule has 0 radical (unpaired) electrons. The van der Waals surface area contributed by atoms with Crippen LogP contribution in [0.3, 0.4) is 0 Å². The Morgan fingerprint density at radius 2 is 1.62 bits per heavy atom. The van der Waals surface area contributed by atoms with Gasteiger partial charge in [0, 0.05) is 0 Å². The van der Waals surface area contributed by atoms with E-state index in [0.29, 0.717) is 11.1 Å². The van der Waals surface area contributed by atoms with E-state index in [1.165, 1.54) is 0 Å². The molecule has 0 aliphatic rings. The van der Waals surface area contributed by atoms with Crippen LogP contribution in [-0.4, -0.2) is 19.5 Å². The maximum absolute atomic E-state index is 12.5. The highest BCUT2D eigenvalue weighted by Gasteiger charge is 2.23. The summed E-state index contributed by atoms with van der Waals surface area (Å²) >= 11 is 0. The molecule has 1 atom stereocenters. The van der Waals surface area contributed by atoms with Crippen molar-refractivity contribution < 1.29 is 18.3 Å². The van der Waals surface area contributed by atoms with Crippen LogP contribution >= 0.6 is 0 Å². The second kappa shape index (κ2) is 8.01. The highest BCUT2D eigenvalue weighted by atomic mass is 32.2. The molecule has 0 aliphatic heterocycles. The molecule has 0 spiro atoms. The first kappa shape index (κ1) is 20.1. The maximum Gasteiger partial charge on any atom is 0.305 e. The number of rotatable bonds is 7. The Morgan fingerprint density at radius 1 is 1.04 bits per heavy atom. The number of benzene rings is 2. The second-order valence-electron chi connectivity index (χ2n) is 7.38. The van der Waals surface area contributed by atoms with Gasteiger partial charge in [0.1, 0.15) is 0 Å². The molecule has 26 heavy (non-hydrogen) atoms. The number of carboxylic acids is 1. The van der Waals surface area contributed by atoms with E-state index in [1.54, 1.807) is 36.4 Å². The molecule has 140 valence electrons. The van der Waals surface area contributed by atoms with Crippen molar-refractivity contribution >= 4 is 16.0 Å². The standard InChI is InChI=1S/C20H25NO4S/c1-20(2,3)17-11-9-16(10-12-17)18(13-19(22)23)21-26(24,25)14-15-7-5-4-6-8-15/h4-12,18,21H,13-14H2,1-3H3,(H,22,23)/t18-/m1/s1. The summed E-state index contributed by atoms with van der Waals surface area (Å²) in [6.45, 7) is 6.25. The molecule has 6 heteroatoms. The van der Waals surface area contributed by atoms with Crippen LogP contribution in [0.1, 0.15) is 49.9 Å². The lowest BCUT2D eigenvalue weighted by Gasteiger charge is -2.22. The van der Waals surface area contributed by atoms with E-state index in [0.717, 1.165) is 5.56 Å². The van der Waals surface area contributed by atoms with Gasteiger partial charge in [0.2, 0.25) is 10.0 Å². The van der Waals surface area contributed by atoms with Crippen LogP contribution in [-0.2, 0) is 26.0 Å². The summed E-state index contributed by atoms with van der Waals surface area (Å²) in [7, 11) is -3.68. The van der Waals surface area contributed by atoms with Gasteiger partial charge in [-0.1, -0.05) is 75.4 Å². The summed E-state index contributed by atoms with van der Waals surface area (Å²) in [4.78, 5) is 11.2. The van der Waals surface area contributed by atoms with Crippen molar-refractivity contribution in [3.63, 3.8) is 0 Å². The topological polar surface area (TPSA) is 83.5 Å². The van der Waals surface area contributed by atoms with Crippen LogP contribution < -0.4 is 4.72 Å². The SMILES string of the molecule is CC(C)(C)c1ccc([C@@H](CC(=O)O)NS(=O)(=O)Cc2ccccc2)cc1. The molecule has 0 heterocycles. The van der Waals surface area contributed by atoms with Crippen molar-refractivity contribution in [1.82, 2.24) is 4.72 Å². The molecule has 2 N–H and O–H groups in total. The molecule has 0 bridgehead atoms. The maximum atomic E-state index is 12.5. The molecule has 0 aliphatic carbocycles. The predicted octanol–water partition coefficient (Wildman–Crippen LogP) is 3.62. The lowest BCUT2D eigenvalue weighted by molar-refractivity contribution is -0.137. The van der Waals surface area contributed by atoms with Gasteiger partial charge in [0.15, 0.2) is 0 Å². The van der Waals surface area contributed by atoms with E-state index in [-0.39, 0.29) is 17.6 Å². The van der Waals surface area contributed by atoms with E-state index < -0.39 is 22.0 Å². The summed E-state index contributed by atoms with van der Waals surface area (Å²) in [5, 5.41) is 9.18. The molecule has 0 saturated heterocycles. The Labute approximate surface area is 155 Å². The Hall–Kier alpha value is -2.18.